The zero-order valence-corrected chi connectivity index (χ0v) is 18.4. The van der Waals surface area contributed by atoms with Crippen molar-refractivity contribution in [3.63, 3.8) is 0 Å². The van der Waals surface area contributed by atoms with E-state index in [9.17, 15) is 14.4 Å². The van der Waals surface area contributed by atoms with Crippen LogP contribution in [0.3, 0.4) is 0 Å². The minimum atomic E-state index is -0.502. The van der Waals surface area contributed by atoms with E-state index in [1.807, 2.05) is 51.8 Å². The van der Waals surface area contributed by atoms with Gasteiger partial charge in [-0.2, -0.15) is 0 Å². The molecule has 8 nitrogen and oxygen atoms in total. The number of thioether (sulfide) groups is 1. The van der Waals surface area contributed by atoms with Gasteiger partial charge in [0.2, 0.25) is 17.7 Å². The van der Waals surface area contributed by atoms with Gasteiger partial charge in [0.25, 0.3) is 0 Å². The molecule has 0 rings (SSSR count). The van der Waals surface area contributed by atoms with Crippen molar-refractivity contribution in [3.8, 4) is 0 Å². The topological polar surface area (TPSA) is 93.8 Å². The van der Waals surface area contributed by atoms with Crippen molar-refractivity contribution in [2.75, 3.05) is 60.1 Å². The lowest BCUT2D eigenvalue weighted by molar-refractivity contribution is -0.126. The first-order valence-electron chi connectivity index (χ1n) is 9.36. The van der Waals surface area contributed by atoms with Crippen LogP contribution in [0.15, 0.2) is 0 Å². The van der Waals surface area contributed by atoms with Gasteiger partial charge in [-0.3, -0.25) is 14.4 Å². The van der Waals surface area contributed by atoms with Gasteiger partial charge in [0.15, 0.2) is 0 Å². The Morgan fingerprint density at radius 3 is 1.96 bits per heavy atom. The Kier molecular flexibility index (Phi) is 14.0. The number of nitrogens with one attached hydrogen (secondary N) is 3. The summed E-state index contributed by atoms with van der Waals surface area (Å²) >= 11 is 1.35. The number of hydrogen-bond donors (Lipinski definition) is 3. The van der Waals surface area contributed by atoms with Crippen molar-refractivity contribution < 1.29 is 14.4 Å². The van der Waals surface area contributed by atoms with Crippen molar-refractivity contribution in [2.24, 2.45) is 0 Å². The molecule has 3 amide bonds. The largest absolute Gasteiger partial charge is 0.355 e. The smallest absolute Gasteiger partial charge is 0.233 e. The van der Waals surface area contributed by atoms with Crippen molar-refractivity contribution in [2.45, 2.75) is 38.0 Å². The molecule has 1 unspecified atom stereocenters. The molecule has 0 saturated carbocycles. The number of likely N-dealkylation sites (N-methyl/N-ethyl adjacent to an activating group) is 2. The van der Waals surface area contributed by atoms with Gasteiger partial charge in [-0.1, -0.05) is 0 Å². The molecule has 0 fully saturated rings. The summed E-state index contributed by atoms with van der Waals surface area (Å²) < 4.78 is 0. The molecule has 0 aliphatic heterocycles. The van der Waals surface area contributed by atoms with Crippen LogP contribution in [0.4, 0.5) is 0 Å². The van der Waals surface area contributed by atoms with Gasteiger partial charge in [-0.05, 0) is 42.0 Å². The summed E-state index contributed by atoms with van der Waals surface area (Å²) in [6.45, 7) is 6.36. The van der Waals surface area contributed by atoms with Crippen LogP contribution >= 0.6 is 11.8 Å². The van der Waals surface area contributed by atoms with E-state index in [1.165, 1.54) is 11.8 Å². The van der Waals surface area contributed by atoms with Crippen molar-refractivity contribution in [3.05, 3.63) is 0 Å². The molecule has 0 spiro atoms. The Hall–Kier alpha value is -1.32. The molecule has 0 aromatic carbocycles. The lowest BCUT2D eigenvalue weighted by Gasteiger charge is -2.18. The summed E-state index contributed by atoms with van der Waals surface area (Å²) in [5, 5.41) is 8.04. The second-order valence-electron chi connectivity index (χ2n) is 7.28. The number of nitrogens with zero attached hydrogens (tertiary/aromatic N) is 2. The minimum Gasteiger partial charge on any atom is -0.355 e. The zero-order valence-electron chi connectivity index (χ0n) is 17.6. The van der Waals surface area contributed by atoms with Crippen LogP contribution in [-0.4, -0.2) is 98.9 Å². The van der Waals surface area contributed by atoms with E-state index in [4.69, 9.17) is 0 Å². The fraction of sp³-hybridized carbons (Fsp3) is 0.833. The van der Waals surface area contributed by atoms with Crippen LogP contribution < -0.4 is 16.0 Å². The highest BCUT2D eigenvalue weighted by Crippen LogP contribution is 2.16. The monoisotopic (exact) mass is 403 g/mol. The Balaban J connectivity index is 4.52. The Morgan fingerprint density at radius 2 is 1.44 bits per heavy atom. The highest BCUT2D eigenvalue weighted by Gasteiger charge is 2.22. The molecule has 0 bridgehead atoms. The number of amides is 3. The molecular weight excluding hydrogens is 366 g/mol. The Bertz CT molecular complexity index is 458. The number of carbonyl (C=O) groups excluding carboxylic acids is 3. The van der Waals surface area contributed by atoms with Crippen LogP contribution in [0.2, 0.25) is 0 Å². The standard InChI is InChI=1S/C18H37N5O3S/c1-14(2)21-16(24)7-12-27-15(18(26)20-9-11-23(5)6)13-17(25)19-8-10-22(3)4/h14-15H,7-13H2,1-6H3,(H,19,25)(H,20,26)(H,21,24). The molecule has 1 atom stereocenters. The number of rotatable bonds is 14. The Labute approximate surface area is 168 Å². The fourth-order valence-corrected chi connectivity index (χ4v) is 3.18. The number of hydrogen-bond acceptors (Lipinski definition) is 6. The lowest BCUT2D eigenvalue weighted by Crippen LogP contribution is -2.40. The maximum absolute atomic E-state index is 12.5. The third-order valence-electron chi connectivity index (χ3n) is 3.50. The summed E-state index contributed by atoms with van der Waals surface area (Å²) in [7, 11) is 7.74. The van der Waals surface area contributed by atoms with Gasteiger partial charge >= 0.3 is 0 Å². The van der Waals surface area contributed by atoms with E-state index < -0.39 is 5.25 Å². The first-order valence-corrected chi connectivity index (χ1v) is 10.4. The second kappa shape index (κ2) is 14.7. The summed E-state index contributed by atoms with van der Waals surface area (Å²) in [4.78, 5) is 40.3. The quantitative estimate of drug-likeness (QED) is 0.370. The average Bonchev–Trinajstić information content (AvgIpc) is 2.52. The molecule has 158 valence electrons. The summed E-state index contributed by atoms with van der Waals surface area (Å²) in [5.41, 5.74) is 0. The van der Waals surface area contributed by atoms with Crippen LogP contribution in [0.25, 0.3) is 0 Å². The van der Waals surface area contributed by atoms with E-state index in [0.717, 1.165) is 13.1 Å². The van der Waals surface area contributed by atoms with Crippen molar-refractivity contribution in [1.29, 1.82) is 0 Å². The van der Waals surface area contributed by atoms with E-state index in [0.29, 0.717) is 25.3 Å². The van der Waals surface area contributed by atoms with Gasteiger partial charge in [-0.15, -0.1) is 11.8 Å². The molecule has 27 heavy (non-hydrogen) atoms. The van der Waals surface area contributed by atoms with Gasteiger partial charge < -0.3 is 25.8 Å². The molecular formula is C18H37N5O3S. The first-order chi connectivity index (χ1) is 12.6. The third-order valence-corrected chi connectivity index (χ3v) is 4.72. The van der Waals surface area contributed by atoms with Crippen molar-refractivity contribution >= 4 is 29.5 Å². The molecule has 0 aliphatic rings. The van der Waals surface area contributed by atoms with E-state index in [1.54, 1.807) is 0 Å². The van der Waals surface area contributed by atoms with Gasteiger partial charge in [0, 0.05) is 50.8 Å². The van der Waals surface area contributed by atoms with Gasteiger partial charge in [0.05, 0.1) is 5.25 Å². The van der Waals surface area contributed by atoms with Crippen molar-refractivity contribution in [1.82, 2.24) is 25.8 Å². The molecule has 0 radical (unpaired) electrons. The fourth-order valence-electron chi connectivity index (χ4n) is 2.09. The highest BCUT2D eigenvalue weighted by atomic mass is 32.2. The van der Waals surface area contributed by atoms with Gasteiger partial charge in [0.1, 0.15) is 0 Å². The highest BCUT2D eigenvalue weighted by molar-refractivity contribution is 8.00. The summed E-state index contributed by atoms with van der Waals surface area (Å²) in [6, 6.07) is 0.0927. The molecule has 0 heterocycles. The van der Waals surface area contributed by atoms with Crippen LogP contribution in [0.5, 0.6) is 0 Å². The van der Waals surface area contributed by atoms with E-state index in [-0.39, 0.29) is 30.2 Å². The summed E-state index contributed by atoms with van der Waals surface area (Å²) in [6.07, 6.45) is 0.435. The van der Waals surface area contributed by atoms with Crippen LogP contribution in [0.1, 0.15) is 26.7 Å². The maximum Gasteiger partial charge on any atom is 0.233 e. The first kappa shape index (κ1) is 25.7. The normalized spacial score (nSPS) is 12.3. The average molecular weight is 404 g/mol. The second-order valence-corrected chi connectivity index (χ2v) is 8.59. The van der Waals surface area contributed by atoms with Crippen LogP contribution in [-0.2, 0) is 14.4 Å². The predicted octanol–water partition coefficient (Wildman–Crippen LogP) is -0.251. The third kappa shape index (κ3) is 15.4. The summed E-state index contributed by atoms with van der Waals surface area (Å²) in [5.74, 6) is 0.146. The molecule has 0 saturated heterocycles. The zero-order chi connectivity index (χ0) is 20.8. The van der Waals surface area contributed by atoms with E-state index >= 15 is 0 Å². The van der Waals surface area contributed by atoms with Gasteiger partial charge in [-0.25, -0.2) is 0 Å². The molecule has 0 aliphatic carbocycles. The Morgan fingerprint density at radius 1 is 0.889 bits per heavy atom. The number of carbonyl (C=O) groups is 3. The van der Waals surface area contributed by atoms with Crippen LogP contribution in [0, 0.1) is 0 Å². The van der Waals surface area contributed by atoms with E-state index in [2.05, 4.69) is 16.0 Å². The predicted molar refractivity (Wildman–Crippen MR) is 112 cm³/mol. The minimum absolute atomic E-state index is 0.0419. The molecule has 0 aromatic rings. The molecule has 0 aromatic heterocycles. The lowest BCUT2D eigenvalue weighted by atomic mass is 10.2. The maximum atomic E-state index is 12.5. The molecule has 9 heteroatoms. The SMILES string of the molecule is CC(C)NC(=O)CCSC(CC(=O)NCCN(C)C)C(=O)NCCN(C)C. The molecule has 3 N–H and O–H groups in total.